The first-order chi connectivity index (χ1) is 7.13. The van der Waals surface area contributed by atoms with Gasteiger partial charge in [-0.15, -0.1) is 0 Å². The third kappa shape index (κ3) is 1.60. The van der Waals surface area contributed by atoms with E-state index in [1.807, 2.05) is 0 Å². The largest absolute Gasteiger partial charge is 0.324 e. The summed E-state index contributed by atoms with van der Waals surface area (Å²) in [5, 5.41) is 0.0833. The molecule has 0 spiro atoms. The third-order valence-corrected chi connectivity index (χ3v) is 2.33. The van der Waals surface area contributed by atoms with E-state index in [9.17, 15) is 9.18 Å². The molecule has 2 heterocycles. The SMILES string of the molecule is NCC(=O)c1nc2ccc(F)cn2c1Cl. The molecule has 2 aromatic heterocycles. The summed E-state index contributed by atoms with van der Waals surface area (Å²) >= 11 is 5.86. The zero-order valence-corrected chi connectivity index (χ0v) is 8.33. The highest BCUT2D eigenvalue weighted by molar-refractivity contribution is 6.33. The van der Waals surface area contributed by atoms with Crippen molar-refractivity contribution in [3.8, 4) is 0 Å². The Bertz CT molecular complexity index is 537. The van der Waals surface area contributed by atoms with Crippen LogP contribution in [0.25, 0.3) is 5.65 Å². The van der Waals surface area contributed by atoms with E-state index in [1.165, 1.54) is 16.5 Å². The first-order valence-corrected chi connectivity index (χ1v) is 4.57. The minimum atomic E-state index is -0.450. The molecule has 6 heteroatoms. The topological polar surface area (TPSA) is 60.4 Å². The number of fused-ring (bicyclic) bond motifs is 1. The Morgan fingerprint density at radius 1 is 1.60 bits per heavy atom. The first kappa shape index (κ1) is 10.1. The number of hydrogen-bond donors (Lipinski definition) is 1. The second-order valence-electron chi connectivity index (χ2n) is 2.95. The van der Waals surface area contributed by atoms with Crippen LogP contribution in [-0.4, -0.2) is 21.7 Å². The van der Waals surface area contributed by atoms with Crippen LogP contribution in [0.2, 0.25) is 5.15 Å². The van der Waals surface area contributed by atoms with E-state index in [4.69, 9.17) is 17.3 Å². The minimum absolute atomic E-state index is 0.0739. The quantitative estimate of drug-likeness (QED) is 0.786. The zero-order valence-electron chi connectivity index (χ0n) is 7.58. The molecule has 0 aliphatic heterocycles. The van der Waals surface area contributed by atoms with Crippen LogP contribution in [0.4, 0.5) is 4.39 Å². The van der Waals surface area contributed by atoms with Crippen molar-refractivity contribution in [3.63, 3.8) is 0 Å². The average molecular weight is 228 g/mol. The summed E-state index contributed by atoms with van der Waals surface area (Å²) in [5.41, 5.74) is 5.68. The number of nitrogens with zero attached hydrogens (tertiary/aromatic N) is 2. The molecule has 15 heavy (non-hydrogen) atoms. The van der Waals surface area contributed by atoms with Crippen molar-refractivity contribution in [3.05, 3.63) is 35.0 Å². The van der Waals surface area contributed by atoms with Gasteiger partial charge in [-0.2, -0.15) is 0 Å². The maximum Gasteiger partial charge on any atom is 0.197 e. The number of hydrogen-bond acceptors (Lipinski definition) is 3. The molecule has 0 amide bonds. The maximum atomic E-state index is 12.9. The van der Waals surface area contributed by atoms with Crippen molar-refractivity contribution in [2.24, 2.45) is 5.73 Å². The fourth-order valence-corrected chi connectivity index (χ4v) is 1.55. The molecule has 0 saturated heterocycles. The van der Waals surface area contributed by atoms with Gasteiger partial charge in [0.1, 0.15) is 22.3 Å². The van der Waals surface area contributed by atoms with Gasteiger partial charge in [-0.1, -0.05) is 11.6 Å². The smallest absolute Gasteiger partial charge is 0.197 e. The normalized spacial score (nSPS) is 10.9. The highest BCUT2D eigenvalue weighted by Crippen LogP contribution is 2.18. The van der Waals surface area contributed by atoms with Crippen LogP contribution in [0, 0.1) is 5.82 Å². The lowest BCUT2D eigenvalue weighted by molar-refractivity contribution is 0.0997. The monoisotopic (exact) mass is 227 g/mol. The second kappa shape index (κ2) is 3.60. The summed E-state index contributed by atoms with van der Waals surface area (Å²) in [5.74, 6) is -0.822. The van der Waals surface area contributed by atoms with Gasteiger partial charge < -0.3 is 5.73 Å². The van der Waals surface area contributed by atoms with Crippen molar-refractivity contribution >= 4 is 23.0 Å². The van der Waals surface area contributed by atoms with Gasteiger partial charge in [-0.3, -0.25) is 9.20 Å². The van der Waals surface area contributed by atoms with E-state index in [-0.39, 0.29) is 23.2 Å². The molecule has 0 fully saturated rings. The lowest BCUT2D eigenvalue weighted by atomic mass is 10.3. The highest BCUT2D eigenvalue weighted by atomic mass is 35.5. The van der Waals surface area contributed by atoms with Crippen LogP contribution >= 0.6 is 11.6 Å². The van der Waals surface area contributed by atoms with Gasteiger partial charge in [0.25, 0.3) is 0 Å². The van der Waals surface area contributed by atoms with Gasteiger partial charge in [0, 0.05) is 6.20 Å². The first-order valence-electron chi connectivity index (χ1n) is 4.20. The van der Waals surface area contributed by atoms with E-state index in [1.54, 1.807) is 0 Å². The standard InChI is InChI=1S/C9H7ClFN3O/c10-9-8(6(15)3-12)13-7-2-1-5(11)4-14(7)9/h1-2,4H,3,12H2. The number of imidazole rings is 1. The molecule has 2 aromatic rings. The molecule has 0 saturated carbocycles. The number of carbonyl (C=O) groups is 1. The average Bonchev–Trinajstić information content (AvgIpc) is 2.55. The molecule has 0 aromatic carbocycles. The van der Waals surface area contributed by atoms with E-state index in [0.29, 0.717) is 5.65 Å². The van der Waals surface area contributed by atoms with E-state index in [2.05, 4.69) is 4.98 Å². The van der Waals surface area contributed by atoms with E-state index < -0.39 is 5.82 Å². The van der Waals surface area contributed by atoms with Gasteiger partial charge in [-0.05, 0) is 12.1 Å². The molecule has 2 rings (SSSR count). The number of ketones is 1. The molecule has 0 aliphatic carbocycles. The number of rotatable bonds is 2. The minimum Gasteiger partial charge on any atom is -0.324 e. The maximum absolute atomic E-state index is 12.9. The summed E-state index contributed by atoms with van der Waals surface area (Å²) in [4.78, 5) is 15.3. The van der Waals surface area contributed by atoms with Crippen molar-refractivity contribution in [2.75, 3.05) is 6.54 Å². The Kier molecular flexibility index (Phi) is 2.42. The summed E-state index contributed by atoms with van der Waals surface area (Å²) in [6, 6.07) is 2.68. The molecular weight excluding hydrogens is 221 g/mol. The van der Waals surface area contributed by atoms with Gasteiger partial charge in [0.05, 0.1) is 6.54 Å². The van der Waals surface area contributed by atoms with E-state index in [0.717, 1.165) is 6.20 Å². The van der Waals surface area contributed by atoms with Crippen molar-refractivity contribution in [1.29, 1.82) is 0 Å². The van der Waals surface area contributed by atoms with Gasteiger partial charge in [0.2, 0.25) is 0 Å². The van der Waals surface area contributed by atoms with Crippen LogP contribution in [0.1, 0.15) is 10.5 Å². The molecule has 2 N–H and O–H groups in total. The summed E-state index contributed by atoms with van der Waals surface area (Å²) < 4.78 is 14.2. The van der Waals surface area contributed by atoms with Crippen LogP contribution in [0.3, 0.4) is 0 Å². The van der Waals surface area contributed by atoms with Gasteiger partial charge >= 0.3 is 0 Å². The lowest BCUT2D eigenvalue weighted by Crippen LogP contribution is -2.14. The van der Waals surface area contributed by atoms with Crippen LogP contribution in [0.5, 0.6) is 0 Å². The predicted molar refractivity (Wildman–Crippen MR) is 53.5 cm³/mol. The number of nitrogens with two attached hydrogens (primary N) is 1. The fraction of sp³-hybridized carbons (Fsp3) is 0.111. The zero-order chi connectivity index (χ0) is 11.0. The Balaban J connectivity index is 2.69. The number of pyridine rings is 1. The van der Waals surface area contributed by atoms with Gasteiger partial charge in [0.15, 0.2) is 5.78 Å². The van der Waals surface area contributed by atoms with Gasteiger partial charge in [-0.25, -0.2) is 9.37 Å². The Morgan fingerprint density at radius 2 is 2.33 bits per heavy atom. The van der Waals surface area contributed by atoms with Crippen molar-refractivity contribution < 1.29 is 9.18 Å². The molecule has 78 valence electrons. The van der Waals surface area contributed by atoms with Crippen LogP contribution < -0.4 is 5.73 Å². The number of halogens is 2. The lowest BCUT2D eigenvalue weighted by Gasteiger charge is -1.94. The van der Waals surface area contributed by atoms with Crippen LogP contribution in [-0.2, 0) is 0 Å². The van der Waals surface area contributed by atoms with Crippen LogP contribution in [0.15, 0.2) is 18.3 Å². The van der Waals surface area contributed by atoms with E-state index >= 15 is 0 Å². The number of Topliss-reactive ketones (excluding diaryl/α,β-unsaturated/α-hetero) is 1. The molecule has 0 bridgehead atoms. The Labute approximate surface area is 89.5 Å². The summed E-state index contributed by atoms with van der Waals surface area (Å²) in [6.07, 6.45) is 1.16. The second-order valence-corrected chi connectivity index (χ2v) is 3.31. The summed E-state index contributed by atoms with van der Waals surface area (Å²) in [7, 11) is 0. The predicted octanol–water partition coefficient (Wildman–Crippen LogP) is 1.27. The highest BCUT2D eigenvalue weighted by Gasteiger charge is 2.16. The summed E-state index contributed by atoms with van der Waals surface area (Å²) in [6.45, 7) is -0.175. The Hall–Kier alpha value is -1.46. The molecule has 0 atom stereocenters. The molecule has 0 radical (unpaired) electrons. The number of aromatic nitrogens is 2. The number of carbonyl (C=O) groups excluding carboxylic acids is 1. The molecule has 4 nitrogen and oxygen atoms in total. The fourth-order valence-electron chi connectivity index (χ4n) is 1.26. The molecule has 0 aliphatic rings. The third-order valence-electron chi connectivity index (χ3n) is 1.97. The Morgan fingerprint density at radius 3 is 3.00 bits per heavy atom. The molecular formula is C9H7ClFN3O. The van der Waals surface area contributed by atoms with Crippen molar-refractivity contribution in [2.45, 2.75) is 0 Å². The molecule has 0 unspecified atom stereocenters. The van der Waals surface area contributed by atoms with Crippen molar-refractivity contribution in [1.82, 2.24) is 9.38 Å².